The SMILES string of the molecule is O=C(N[C@@H]1CCCNC1)C1(Oc2ccc(Cl)cc2)CCNCC1. The van der Waals surface area contributed by atoms with Crippen LogP contribution >= 0.6 is 11.6 Å². The molecule has 0 spiro atoms. The smallest absolute Gasteiger partial charge is 0.264 e. The van der Waals surface area contributed by atoms with E-state index in [0.29, 0.717) is 23.6 Å². The van der Waals surface area contributed by atoms with Crippen LogP contribution in [0.15, 0.2) is 24.3 Å². The van der Waals surface area contributed by atoms with Crippen LogP contribution in [0.1, 0.15) is 25.7 Å². The molecule has 5 nitrogen and oxygen atoms in total. The van der Waals surface area contributed by atoms with Crippen molar-refractivity contribution in [1.82, 2.24) is 16.0 Å². The Kier molecular flexibility index (Phi) is 5.41. The molecule has 2 aliphatic heterocycles. The summed E-state index contributed by atoms with van der Waals surface area (Å²) in [5.74, 6) is 0.691. The zero-order valence-electron chi connectivity index (χ0n) is 13.2. The molecular formula is C17H24ClN3O2. The zero-order chi connectivity index (χ0) is 16.1. The molecule has 0 aromatic heterocycles. The number of ether oxygens (including phenoxy) is 1. The molecule has 2 saturated heterocycles. The molecule has 3 rings (SSSR count). The molecule has 3 N–H and O–H groups in total. The quantitative estimate of drug-likeness (QED) is 0.782. The van der Waals surface area contributed by atoms with Crippen LogP contribution in [0.4, 0.5) is 0 Å². The van der Waals surface area contributed by atoms with Gasteiger partial charge in [-0.25, -0.2) is 0 Å². The minimum Gasteiger partial charge on any atom is -0.477 e. The fourth-order valence-electron chi connectivity index (χ4n) is 3.23. The van der Waals surface area contributed by atoms with Crippen molar-refractivity contribution in [2.24, 2.45) is 0 Å². The highest BCUT2D eigenvalue weighted by atomic mass is 35.5. The van der Waals surface area contributed by atoms with E-state index in [9.17, 15) is 4.79 Å². The van der Waals surface area contributed by atoms with E-state index >= 15 is 0 Å². The Balaban J connectivity index is 1.72. The van der Waals surface area contributed by atoms with Gasteiger partial charge in [-0.1, -0.05) is 11.6 Å². The van der Waals surface area contributed by atoms with E-state index in [4.69, 9.17) is 16.3 Å². The number of hydrogen-bond donors (Lipinski definition) is 3. The maximum Gasteiger partial charge on any atom is 0.264 e. The summed E-state index contributed by atoms with van der Waals surface area (Å²) in [6.07, 6.45) is 3.45. The molecular weight excluding hydrogens is 314 g/mol. The Labute approximate surface area is 142 Å². The first-order valence-corrected chi connectivity index (χ1v) is 8.73. The van der Waals surface area contributed by atoms with Crippen LogP contribution in [0, 0.1) is 0 Å². The van der Waals surface area contributed by atoms with Gasteiger partial charge < -0.3 is 20.7 Å². The number of nitrogens with one attached hydrogen (secondary N) is 3. The Morgan fingerprint density at radius 2 is 1.91 bits per heavy atom. The predicted octanol–water partition coefficient (Wildman–Crippen LogP) is 1.71. The van der Waals surface area contributed by atoms with Gasteiger partial charge in [-0.2, -0.15) is 0 Å². The lowest BCUT2D eigenvalue weighted by molar-refractivity contribution is -0.140. The van der Waals surface area contributed by atoms with Crippen LogP contribution in [0.5, 0.6) is 5.75 Å². The van der Waals surface area contributed by atoms with Gasteiger partial charge in [0, 0.05) is 30.5 Å². The average molecular weight is 338 g/mol. The van der Waals surface area contributed by atoms with Gasteiger partial charge in [-0.05, 0) is 56.7 Å². The van der Waals surface area contributed by atoms with Crippen LogP contribution in [0.25, 0.3) is 0 Å². The lowest BCUT2D eigenvalue weighted by Crippen LogP contribution is -2.59. The van der Waals surface area contributed by atoms with Gasteiger partial charge in [0.2, 0.25) is 0 Å². The van der Waals surface area contributed by atoms with Crippen molar-refractivity contribution in [3.05, 3.63) is 29.3 Å². The van der Waals surface area contributed by atoms with Gasteiger partial charge in [0.1, 0.15) is 5.75 Å². The van der Waals surface area contributed by atoms with Crippen molar-refractivity contribution in [1.29, 1.82) is 0 Å². The first-order valence-electron chi connectivity index (χ1n) is 8.35. The van der Waals surface area contributed by atoms with Crippen LogP contribution in [0.2, 0.25) is 5.02 Å². The highest BCUT2D eigenvalue weighted by Gasteiger charge is 2.42. The third-order valence-corrected chi connectivity index (χ3v) is 4.84. The predicted molar refractivity (Wildman–Crippen MR) is 90.9 cm³/mol. The second-order valence-corrected chi connectivity index (χ2v) is 6.75. The number of benzene rings is 1. The molecule has 6 heteroatoms. The molecule has 1 aromatic carbocycles. The van der Waals surface area contributed by atoms with Gasteiger partial charge >= 0.3 is 0 Å². The molecule has 0 saturated carbocycles. The second kappa shape index (κ2) is 7.51. The highest BCUT2D eigenvalue weighted by Crippen LogP contribution is 2.28. The van der Waals surface area contributed by atoms with Crippen LogP contribution < -0.4 is 20.7 Å². The maximum absolute atomic E-state index is 12.9. The molecule has 2 aliphatic rings. The van der Waals surface area contributed by atoms with Crippen LogP contribution in [-0.2, 0) is 4.79 Å². The molecule has 1 aromatic rings. The molecule has 0 aliphatic carbocycles. The Hall–Kier alpha value is -1.30. The molecule has 0 bridgehead atoms. The minimum atomic E-state index is -0.795. The average Bonchev–Trinajstić information content (AvgIpc) is 2.59. The molecule has 126 valence electrons. The topological polar surface area (TPSA) is 62.4 Å². The van der Waals surface area contributed by atoms with Crippen molar-refractivity contribution in [2.45, 2.75) is 37.3 Å². The van der Waals surface area contributed by atoms with Crippen molar-refractivity contribution in [2.75, 3.05) is 26.2 Å². The molecule has 0 radical (unpaired) electrons. The number of amides is 1. The van der Waals surface area contributed by atoms with E-state index < -0.39 is 5.60 Å². The van der Waals surface area contributed by atoms with E-state index in [1.165, 1.54) is 0 Å². The summed E-state index contributed by atoms with van der Waals surface area (Å²) in [5, 5.41) is 10.5. The number of piperidine rings is 2. The van der Waals surface area contributed by atoms with Crippen LogP contribution in [-0.4, -0.2) is 43.7 Å². The number of hydrogen-bond acceptors (Lipinski definition) is 4. The number of carbonyl (C=O) groups excluding carboxylic acids is 1. The van der Waals surface area contributed by atoms with E-state index in [0.717, 1.165) is 39.0 Å². The Morgan fingerprint density at radius 1 is 1.17 bits per heavy atom. The monoisotopic (exact) mass is 337 g/mol. The van der Waals surface area contributed by atoms with Crippen molar-refractivity contribution in [3.8, 4) is 5.75 Å². The molecule has 2 fully saturated rings. The third-order valence-electron chi connectivity index (χ3n) is 4.58. The standard InChI is InChI=1S/C17H24ClN3O2/c18-13-3-5-15(6-4-13)23-17(7-10-19-11-8-17)16(22)21-14-2-1-9-20-12-14/h3-6,14,19-20H,1-2,7-12H2,(H,21,22)/t14-/m1/s1. The van der Waals surface area contributed by atoms with Gasteiger partial charge in [0.15, 0.2) is 5.60 Å². The van der Waals surface area contributed by atoms with E-state index in [1.807, 2.05) is 12.1 Å². The lowest BCUT2D eigenvalue weighted by Gasteiger charge is -2.38. The third kappa shape index (κ3) is 4.16. The second-order valence-electron chi connectivity index (χ2n) is 6.32. The van der Waals surface area contributed by atoms with Crippen LogP contribution in [0.3, 0.4) is 0 Å². The molecule has 23 heavy (non-hydrogen) atoms. The molecule has 1 atom stereocenters. The fraction of sp³-hybridized carbons (Fsp3) is 0.588. The summed E-state index contributed by atoms with van der Waals surface area (Å²) < 4.78 is 6.17. The molecule has 0 unspecified atom stereocenters. The van der Waals surface area contributed by atoms with Crippen molar-refractivity contribution < 1.29 is 9.53 Å². The van der Waals surface area contributed by atoms with Gasteiger partial charge in [-0.3, -0.25) is 4.79 Å². The summed E-state index contributed by atoms with van der Waals surface area (Å²) in [6.45, 7) is 3.43. The first-order chi connectivity index (χ1) is 11.2. The summed E-state index contributed by atoms with van der Waals surface area (Å²) in [6, 6.07) is 7.41. The van der Waals surface area contributed by atoms with E-state index in [2.05, 4.69) is 16.0 Å². The lowest BCUT2D eigenvalue weighted by atomic mass is 9.90. The zero-order valence-corrected chi connectivity index (χ0v) is 14.0. The summed E-state index contributed by atoms with van der Waals surface area (Å²) in [5.41, 5.74) is -0.795. The Morgan fingerprint density at radius 3 is 2.57 bits per heavy atom. The molecule has 2 heterocycles. The van der Waals surface area contributed by atoms with E-state index in [1.54, 1.807) is 12.1 Å². The van der Waals surface area contributed by atoms with Crippen molar-refractivity contribution in [3.63, 3.8) is 0 Å². The summed E-state index contributed by atoms with van der Waals surface area (Å²) in [7, 11) is 0. The van der Waals surface area contributed by atoms with E-state index in [-0.39, 0.29) is 11.9 Å². The van der Waals surface area contributed by atoms with Crippen molar-refractivity contribution >= 4 is 17.5 Å². The maximum atomic E-state index is 12.9. The number of halogens is 1. The first kappa shape index (κ1) is 16.6. The molecule has 1 amide bonds. The number of carbonyl (C=O) groups is 1. The summed E-state index contributed by atoms with van der Waals surface area (Å²) >= 11 is 5.93. The summed E-state index contributed by atoms with van der Waals surface area (Å²) in [4.78, 5) is 12.9. The minimum absolute atomic E-state index is 0.00245. The van der Waals surface area contributed by atoms with Gasteiger partial charge in [-0.15, -0.1) is 0 Å². The highest BCUT2D eigenvalue weighted by molar-refractivity contribution is 6.30. The largest absolute Gasteiger partial charge is 0.477 e. The number of rotatable bonds is 4. The van der Waals surface area contributed by atoms with Gasteiger partial charge in [0.25, 0.3) is 5.91 Å². The fourth-order valence-corrected chi connectivity index (χ4v) is 3.35. The van der Waals surface area contributed by atoms with Gasteiger partial charge in [0.05, 0.1) is 0 Å². The normalized spacial score (nSPS) is 24.0. The Bertz CT molecular complexity index is 523.